The van der Waals surface area contributed by atoms with Crippen LogP contribution in [0.1, 0.15) is 58.8 Å². The number of aliphatic hydroxyl groups is 1. The first-order valence-electron chi connectivity index (χ1n) is 8.21. The second-order valence-electron chi connectivity index (χ2n) is 7.05. The lowest BCUT2D eigenvalue weighted by atomic mass is 9.74. The molecular weight excluding hydrogens is 252 g/mol. The van der Waals surface area contributed by atoms with Crippen LogP contribution in [-0.2, 0) is 4.79 Å². The van der Waals surface area contributed by atoms with Gasteiger partial charge in [0, 0.05) is 5.41 Å². The zero-order chi connectivity index (χ0) is 14.6. The Bertz CT molecular complexity index is 324. The maximum absolute atomic E-state index is 12.6. The molecule has 1 aliphatic carbocycles. The molecule has 1 aliphatic heterocycles. The normalized spacial score (nSPS) is 32.5. The Morgan fingerprint density at radius 2 is 1.90 bits per heavy atom. The molecule has 0 spiro atoms. The molecule has 0 aromatic carbocycles. The summed E-state index contributed by atoms with van der Waals surface area (Å²) in [6.45, 7) is 6.08. The number of aliphatic hydroxyl groups excluding tert-OH is 1. The molecule has 20 heavy (non-hydrogen) atoms. The lowest BCUT2D eigenvalue weighted by molar-refractivity contribution is -0.134. The number of piperidine rings is 1. The summed E-state index contributed by atoms with van der Waals surface area (Å²) in [4.78, 5) is 12.6. The van der Waals surface area contributed by atoms with Gasteiger partial charge in [0.25, 0.3) is 0 Å². The first kappa shape index (κ1) is 15.8. The first-order chi connectivity index (χ1) is 9.51. The fourth-order valence-corrected chi connectivity index (χ4v) is 3.46. The van der Waals surface area contributed by atoms with Gasteiger partial charge in [-0.3, -0.25) is 4.79 Å². The molecule has 2 aliphatic rings. The second kappa shape index (κ2) is 6.90. The molecule has 3 unspecified atom stereocenters. The van der Waals surface area contributed by atoms with Gasteiger partial charge in [0.05, 0.1) is 12.1 Å². The van der Waals surface area contributed by atoms with Gasteiger partial charge in [0.15, 0.2) is 0 Å². The van der Waals surface area contributed by atoms with Crippen molar-refractivity contribution >= 4 is 5.91 Å². The summed E-state index contributed by atoms with van der Waals surface area (Å²) in [6.07, 6.45) is 6.95. The lowest BCUT2D eigenvalue weighted by Gasteiger charge is -2.37. The quantitative estimate of drug-likeness (QED) is 0.692. The summed E-state index contributed by atoms with van der Waals surface area (Å²) in [5, 5.41) is 16.7. The standard InChI is InChI=1S/C16H30N2O2/c1-16(2,12-7-6-10-17-11-12)15(20)18-13-8-4-3-5-9-14(13)19/h12-14,17,19H,3-11H2,1-2H3,(H,18,20). The Morgan fingerprint density at radius 3 is 2.60 bits per heavy atom. The van der Waals surface area contributed by atoms with Gasteiger partial charge >= 0.3 is 0 Å². The van der Waals surface area contributed by atoms with Crippen molar-refractivity contribution in [3.05, 3.63) is 0 Å². The first-order valence-corrected chi connectivity index (χ1v) is 8.21. The summed E-state index contributed by atoms with van der Waals surface area (Å²) in [5.41, 5.74) is -0.362. The van der Waals surface area contributed by atoms with E-state index in [1.807, 2.05) is 13.8 Å². The SMILES string of the molecule is CC(C)(C(=O)NC1CCCCCC1O)C1CCCNC1. The zero-order valence-electron chi connectivity index (χ0n) is 13.0. The van der Waals surface area contributed by atoms with Crippen LogP contribution in [0.15, 0.2) is 0 Å². The summed E-state index contributed by atoms with van der Waals surface area (Å²) in [5.74, 6) is 0.497. The van der Waals surface area contributed by atoms with Crippen LogP contribution in [0.3, 0.4) is 0 Å². The smallest absolute Gasteiger partial charge is 0.226 e. The van der Waals surface area contributed by atoms with E-state index in [2.05, 4.69) is 10.6 Å². The average Bonchev–Trinajstić information content (AvgIpc) is 2.65. The number of carbonyl (C=O) groups excluding carboxylic acids is 1. The van der Waals surface area contributed by atoms with E-state index in [1.54, 1.807) is 0 Å². The van der Waals surface area contributed by atoms with Crippen LogP contribution in [-0.4, -0.2) is 36.2 Å². The average molecular weight is 282 g/mol. The molecule has 1 saturated carbocycles. The highest BCUT2D eigenvalue weighted by atomic mass is 16.3. The number of carbonyl (C=O) groups is 1. The fraction of sp³-hybridized carbons (Fsp3) is 0.938. The summed E-state index contributed by atoms with van der Waals surface area (Å²) in [6, 6.07) is -0.0548. The summed E-state index contributed by atoms with van der Waals surface area (Å²) >= 11 is 0. The van der Waals surface area contributed by atoms with Crippen molar-refractivity contribution in [2.75, 3.05) is 13.1 Å². The minimum atomic E-state index is -0.373. The minimum Gasteiger partial charge on any atom is -0.391 e. The molecule has 116 valence electrons. The maximum atomic E-state index is 12.6. The summed E-state index contributed by atoms with van der Waals surface area (Å²) in [7, 11) is 0. The van der Waals surface area contributed by atoms with Crippen LogP contribution in [0.25, 0.3) is 0 Å². The predicted octanol–water partition coefficient (Wildman–Crippen LogP) is 1.82. The third-order valence-corrected chi connectivity index (χ3v) is 5.20. The molecule has 0 bridgehead atoms. The van der Waals surface area contributed by atoms with Crippen molar-refractivity contribution in [1.82, 2.24) is 10.6 Å². The van der Waals surface area contributed by atoms with Gasteiger partial charge in [-0.15, -0.1) is 0 Å². The van der Waals surface area contributed by atoms with Gasteiger partial charge in [0.1, 0.15) is 0 Å². The third kappa shape index (κ3) is 3.73. The summed E-state index contributed by atoms with van der Waals surface area (Å²) < 4.78 is 0. The van der Waals surface area contributed by atoms with Gasteiger partial charge < -0.3 is 15.7 Å². The van der Waals surface area contributed by atoms with E-state index >= 15 is 0 Å². The van der Waals surface area contributed by atoms with Crippen molar-refractivity contribution < 1.29 is 9.90 Å². The molecule has 0 aromatic heterocycles. The highest BCUT2D eigenvalue weighted by Crippen LogP contribution is 2.32. The van der Waals surface area contributed by atoms with E-state index in [9.17, 15) is 9.90 Å². The molecule has 0 aromatic rings. The van der Waals surface area contributed by atoms with E-state index < -0.39 is 0 Å². The number of amides is 1. The van der Waals surface area contributed by atoms with Crippen LogP contribution in [0.2, 0.25) is 0 Å². The third-order valence-electron chi connectivity index (χ3n) is 5.20. The van der Waals surface area contributed by atoms with Crippen molar-refractivity contribution in [3.63, 3.8) is 0 Å². The van der Waals surface area contributed by atoms with E-state index in [1.165, 1.54) is 6.42 Å². The Hall–Kier alpha value is -0.610. The molecule has 2 fully saturated rings. The number of hydrogen-bond acceptors (Lipinski definition) is 3. The highest BCUT2D eigenvalue weighted by Gasteiger charge is 2.38. The van der Waals surface area contributed by atoms with Crippen LogP contribution in [0.4, 0.5) is 0 Å². The van der Waals surface area contributed by atoms with Crippen LogP contribution in [0, 0.1) is 11.3 Å². The molecule has 4 heteroatoms. The van der Waals surface area contributed by atoms with Crippen molar-refractivity contribution in [2.24, 2.45) is 11.3 Å². The van der Waals surface area contributed by atoms with Gasteiger partial charge in [-0.05, 0) is 44.7 Å². The number of rotatable bonds is 3. The molecule has 0 radical (unpaired) electrons. The molecule has 1 amide bonds. The van der Waals surface area contributed by atoms with Gasteiger partial charge in [0.2, 0.25) is 5.91 Å². The molecule has 4 nitrogen and oxygen atoms in total. The van der Waals surface area contributed by atoms with E-state index in [0.29, 0.717) is 5.92 Å². The van der Waals surface area contributed by atoms with Gasteiger partial charge in [-0.25, -0.2) is 0 Å². The second-order valence-corrected chi connectivity index (χ2v) is 7.05. The highest BCUT2D eigenvalue weighted by molar-refractivity contribution is 5.82. The van der Waals surface area contributed by atoms with Gasteiger partial charge in [-0.2, -0.15) is 0 Å². The van der Waals surface area contributed by atoms with E-state index in [4.69, 9.17) is 0 Å². The maximum Gasteiger partial charge on any atom is 0.226 e. The van der Waals surface area contributed by atoms with Crippen molar-refractivity contribution in [1.29, 1.82) is 0 Å². The number of hydrogen-bond donors (Lipinski definition) is 3. The Balaban J connectivity index is 1.94. The monoisotopic (exact) mass is 282 g/mol. The van der Waals surface area contributed by atoms with Crippen LogP contribution in [0.5, 0.6) is 0 Å². The van der Waals surface area contributed by atoms with Gasteiger partial charge in [-0.1, -0.05) is 33.1 Å². The molecule has 1 saturated heterocycles. The van der Waals surface area contributed by atoms with Crippen molar-refractivity contribution in [2.45, 2.75) is 70.9 Å². The minimum absolute atomic E-state index is 0.0548. The zero-order valence-corrected chi connectivity index (χ0v) is 13.0. The Kier molecular flexibility index (Phi) is 5.44. The van der Waals surface area contributed by atoms with Crippen LogP contribution < -0.4 is 10.6 Å². The Labute approximate surface area is 122 Å². The van der Waals surface area contributed by atoms with Crippen molar-refractivity contribution in [3.8, 4) is 0 Å². The lowest BCUT2D eigenvalue weighted by Crippen LogP contribution is -2.52. The Morgan fingerprint density at radius 1 is 1.15 bits per heavy atom. The molecule has 3 N–H and O–H groups in total. The van der Waals surface area contributed by atoms with Crippen LogP contribution >= 0.6 is 0 Å². The predicted molar refractivity (Wildman–Crippen MR) is 80.4 cm³/mol. The molecular formula is C16H30N2O2. The molecule has 3 atom stereocenters. The molecule has 1 heterocycles. The largest absolute Gasteiger partial charge is 0.391 e. The molecule has 2 rings (SSSR count). The van der Waals surface area contributed by atoms with E-state index in [0.717, 1.165) is 51.6 Å². The number of nitrogens with one attached hydrogen (secondary N) is 2. The fourth-order valence-electron chi connectivity index (χ4n) is 3.46. The topological polar surface area (TPSA) is 61.4 Å². The van der Waals surface area contributed by atoms with E-state index in [-0.39, 0.29) is 23.5 Å².